The fourth-order valence-electron chi connectivity index (χ4n) is 1.61. The molecule has 0 aromatic heterocycles. The summed E-state index contributed by atoms with van der Waals surface area (Å²) >= 11 is 0. The Morgan fingerprint density at radius 1 is 1.43 bits per heavy atom. The van der Waals surface area contributed by atoms with E-state index >= 15 is 0 Å². The molecule has 0 heterocycles. The van der Waals surface area contributed by atoms with Crippen molar-refractivity contribution >= 4 is 0 Å². The summed E-state index contributed by atoms with van der Waals surface area (Å²) in [6.07, 6.45) is 6.31. The van der Waals surface area contributed by atoms with Gasteiger partial charge in [-0.15, -0.1) is 0 Å². The minimum absolute atomic E-state index is 0.398. The Kier molecular flexibility index (Phi) is 5.83. The normalized spacial score (nSPS) is 19.1. The Balaban J connectivity index is 2.13. The molecule has 0 aromatic rings. The molecule has 0 spiro atoms. The Morgan fingerprint density at radius 3 is 2.93 bits per heavy atom. The van der Waals surface area contributed by atoms with Gasteiger partial charge in [0.05, 0.1) is 25.9 Å². The number of aliphatic hydroxyl groups is 1. The van der Waals surface area contributed by atoms with Gasteiger partial charge < -0.3 is 14.6 Å². The topological polar surface area (TPSA) is 38.7 Å². The average molecular weight is 200 g/mol. The summed E-state index contributed by atoms with van der Waals surface area (Å²) < 4.78 is 10.1. The molecule has 0 saturated carbocycles. The lowest BCUT2D eigenvalue weighted by atomic mass is 9.96. The van der Waals surface area contributed by atoms with E-state index in [9.17, 15) is 5.11 Å². The summed E-state index contributed by atoms with van der Waals surface area (Å²) in [5.41, 5.74) is 1.15. The zero-order chi connectivity index (χ0) is 10.2. The molecule has 0 radical (unpaired) electrons. The summed E-state index contributed by atoms with van der Waals surface area (Å²) in [6, 6.07) is 0. The highest BCUT2D eigenvalue weighted by Gasteiger charge is 2.12. The number of methoxy groups -OCH3 is 1. The molecule has 1 N–H and O–H groups in total. The third-order valence-electron chi connectivity index (χ3n) is 2.46. The van der Waals surface area contributed by atoms with E-state index in [-0.39, 0.29) is 0 Å². The van der Waals surface area contributed by atoms with Crippen LogP contribution in [-0.2, 0) is 9.47 Å². The molecule has 82 valence electrons. The molecule has 0 saturated heterocycles. The van der Waals surface area contributed by atoms with Crippen molar-refractivity contribution in [1.82, 2.24) is 0 Å². The molecule has 0 aliphatic heterocycles. The number of aliphatic hydroxyl groups excluding tert-OH is 1. The molecule has 3 nitrogen and oxygen atoms in total. The van der Waals surface area contributed by atoms with Gasteiger partial charge in [-0.2, -0.15) is 0 Å². The fraction of sp³-hybridized carbons (Fsp3) is 0.818. The quantitative estimate of drug-likeness (QED) is 0.522. The standard InChI is InChI=1S/C11H20O3/c1-13-7-8-14-9-11(12)10-5-3-2-4-6-10/h5,11-12H,2-4,6-9H2,1H3. The van der Waals surface area contributed by atoms with Gasteiger partial charge in [-0.3, -0.25) is 0 Å². The highest BCUT2D eigenvalue weighted by atomic mass is 16.5. The van der Waals surface area contributed by atoms with Gasteiger partial charge in [0.1, 0.15) is 0 Å². The second-order valence-corrected chi connectivity index (χ2v) is 3.61. The predicted molar refractivity (Wildman–Crippen MR) is 55.3 cm³/mol. The molecule has 1 aliphatic carbocycles. The maximum Gasteiger partial charge on any atom is 0.0983 e. The van der Waals surface area contributed by atoms with Gasteiger partial charge in [0.25, 0.3) is 0 Å². The smallest absolute Gasteiger partial charge is 0.0983 e. The van der Waals surface area contributed by atoms with Gasteiger partial charge in [-0.05, 0) is 31.3 Å². The van der Waals surface area contributed by atoms with Crippen LogP contribution in [0.1, 0.15) is 25.7 Å². The van der Waals surface area contributed by atoms with E-state index in [4.69, 9.17) is 9.47 Å². The first-order valence-corrected chi connectivity index (χ1v) is 5.28. The molecule has 1 rings (SSSR count). The lowest BCUT2D eigenvalue weighted by Crippen LogP contribution is -2.20. The van der Waals surface area contributed by atoms with Crippen LogP contribution < -0.4 is 0 Å². The highest BCUT2D eigenvalue weighted by Crippen LogP contribution is 2.20. The SMILES string of the molecule is COCCOCC(O)C1=CCCCC1. The summed E-state index contributed by atoms with van der Waals surface area (Å²) in [6.45, 7) is 1.54. The summed E-state index contributed by atoms with van der Waals surface area (Å²) in [7, 11) is 1.64. The Bertz CT molecular complexity index is 177. The lowest BCUT2D eigenvalue weighted by Gasteiger charge is -2.18. The molecule has 1 aliphatic rings. The average Bonchev–Trinajstić information content (AvgIpc) is 2.25. The molecule has 0 aromatic carbocycles. The second-order valence-electron chi connectivity index (χ2n) is 3.61. The zero-order valence-electron chi connectivity index (χ0n) is 8.87. The van der Waals surface area contributed by atoms with Crippen molar-refractivity contribution in [1.29, 1.82) is 0 Å². The third-order valence-corrected chi connectivity index (χ3v) is 2.46. The van der Waals surface area contributed by atoms with Crippen molar-refractivity contribution < 1.29 is 14.6 Å². The largest absolute Gasteiger partial charge is 0.386 e. The molecular weight excluding hydrogens is 180 g/mol. The fourth-order valence-corrected chi connectivity index (χ4v) is 1.61. The van der Waals surface area contributed by atoms with Crippen molar-refractivity contribution in [3.05, 3.63) is 11.6 Å². The van der Waals surface area contributed by atoms with Gasteiger partial charge in [0.2, 0.25) is 0 Å². The van der Waals surface area contributed by atoms with Gasteiger partial charge in [0.15, 0.2) is 0 Å². The molecule has 0 bridgehead atoms. The monoisotopic (exact) mass is 200 g/mol. The van der Waals surface area contributed by atoms with Crippen LogP contribution in [0.15, 0.2) is 11.6 Å². The van der Waals surface area contributed by atoms with Crippen molar-refractivity contribution in [2.24, 2.45) is 0 Å². The van der Waals surface area contributed by atoms with Crippen LogP contribution in [0.4, 0.5) is 0 Å². The highest BCUT2D eigenvalue weighted by molar-refractivity contribution is 5.10. The summed E-state index contributed by atoms with van der Waals surface area (Å²) in [4.78, 5) is 0. The Hall–Kier alpha value is -0.380. The van der Waals surface area contributed by atoms with E-state index in [1.54, 1.807) is 7.11 Å². The van der Waals surface area contributed by atoms with E-state index in [1.807, 2.05) is 0 Å². The predicted octanol–water partition coefficient (Wildman–Crippen LogP) is 1.51. The lowest BCUT2D eigenvalue weighted by molar-refractivity contribution is 0.0244. The first-order valence-electron chi connectivity index (χ1n) is 5.28. The molecule has 14 heavy (non-hydrogen) atoms. The second kappa shape index (κ2) is 6.98. The van der Waals surface area contributed by atoms with Crippen LogP contribution in [0.2, 0.25) is 0 Å². The Labute approximate surface area is 85.7 Å². The number of rotatable bonds is 6. The summed E-state index contributed by atoms with van der Waals surface area (Å²) in [5, 5.41) is 9.74. The van der Waals surface area contributed by atoms with E-state index in [1.165, 1.54) is 12.8 Å². The minimum Gasteiger partial charge on any atom is -0.386 e. The van der Waals surface area contributed by atoms with Crippen LogP contribution in [0, 0.1) is 0 Å². The van der Waals surface area contributed by atoms with Gasteiger partial charge in [-0.25, -0.2) is 0 Å². The molecule has 0 fully saturated rings. The number of hydrogen-bond acceptors (Lipinski definition) is 3. The maximum atomic E-state index is 9.74. The van der Waals surface area contributed by atoms with Crippen LogP contribution >= 0.6 is 0 Å². The van der Waals surface area contributed by atoms with E-state index in [0.717, 1.165) is 18.4 Å². The molecule has 1 unspecified atom stereocenters. The minimum atomic E-state index is -0.410. The molecule has 1 atom stereocenters. The van der Waals surface area contributed by atoms with E-state index in [0.29, 0.717) is 19.8 Å². The van der Waals surface area contributed by atoms with Crippen molar-refractivity contribution in [2.45, 2.75) is 31.8 Å². The van der Waals surface area contributed by atoms with Crippen LogP contribution in [0.5, 0.6) is 0 Å². The van der Waals surface area contributed by atoms with Crippen LogP contribution in [0.25, 0.3) is 0 Å². The number of hydrogen-bond donors (Lipinski definition) is 1. The van der Waals surface area contributed by atoms with Crippen molar-refractivity contribution in [2.75, 3.05) is 26.9 Å². The maximum absolute atomic E-state index is 9.74. The first kappa shape index (κ1) is 11.7. The number of allylic oxidation sites excluding steroid dienone is 1. The van der Waals surface area contributed by atoms with Gasteiger partial charge in [-0.1, -0.05) is 6.08 Å². The number of ether oxygens (including phenoxy) is 2. The zero-order valence-corrected chi connectivity index (χ0v) is 8.87. The first-order chi connectivity index (χ1) is 6.84. The van der Waals surface area contributed by atoms with Crippen molar-refractivity contribution in [3.8, 4) is 0 Å². The summed E-state index contributed by atoms with van der Waals surface area (Å²) in [5.74, 6) is 0. The van der Waals surface area contributed by atoms with Crippen LogP contribution in [-0.4, -0.2) is 38.1 Å². The van der Waals surface area contributed by atoms with E-state index in [2.05, 4.69) is 6.08 Å². The third kappa shape index (κ3) is 4.22. The Morgan fingerprint density at radius 2 is 2.29 bits per heavy atom. The van der Waals surface area contributed by atoms with Crippen LogP contribution in [0.3, 0.4) is 0 Å². The molecule has 3 heteroatoms. The molecule has 0 amide bonds. The van der Waals surface area contributed by atoms with Crippen molar-refractivity contribution in [3.63, 3.8) is 0 Å². The van der Waals surface area contributed by atoms with Gasteiger partial charge >= 0.3 is 0 Å². The molecular formula is C11H20O3. The van der Waals surface area contributed by atoms with E-state index < -0.39 is 6.10 Å². The van der Waals surface area contributed by atoms with Gasteiger partial charge in [0, 0.05) is 7.11 Å².